The summed E-state index contributed by atoms with van der Waals surface area (Å²) in [5, 5.41) is 10.5. The quantitative estimate of drug-likeness (QED) is 0.453. The second kappa shape index (κ2) is 8.51. The minimum atomic E-state index is -1.16. The molecule has 1 saturated heterocycles. The lowest BCUT2D eigenvalue weighted by Gasteiger charge is -2.23. The Labute approximate surface area is 183 Å². The second-order valence-electron chi connectivity index (χ2n) is 8.00. The van der Waals surface area contributed by atoms with E-state index in [9.17, 15) is 8.94 Å². The highest BCUT2D eigenvalue weighted by Gasteiger charge is 2.45. The van der Waals surface area contributed by atoms with Crippen molar-refractivity contribution < 1.29 is 13.8 Å². The van der Waals surface area contributed by atoms with Gasteiger partial charge in [-0.2, -0.15) is 4.98 Å². The zero-order valence-electron chi connectivity index (χ0n) is 17.3. The highest BCUT2D eigenvalue weighted by molar-refractivity contribution is 7.91. The Bertz CT molecular complexity index is 1010. The molecule has 10 heteroatoms. The fourth-order valence-corrected chi connectivity index (χ4v) is 5.49. The number of hydrogen-bond acceptors (Lipinski definition) is 8. The third-order valence-corrected chi connectivity index (χ3v) is 7.21. The molecule has 0 spiro atoms. The maximum Gasteiger partial charge on any atom is 0.225 e. The number of nitrogens with zero attached hydrogens (tertiary/aromatic N) is 4. The van der Waals surface area contributed by atoms with Crippen LogP contribution >= 0.6 is 0 Å². The molecule has 5 rings (SSSR count). The normalized spacial score (nSPS) is 21.8. The van der Waals surface area contributed by atoms with Crippen molar-refractivity contribution in [3.8, 4) is 0 Å². The zero-order chi connectivity index (χ0) is 21.4. The van der Waals surface area contributed by atoms with Gasteiger partial charge in [0.25, 0.3) is 0 Å². The van der Waals surface area contributed by atoms with Gasteiger partial charge in [-0.3, -0.25) is 0 Å². The van der Waals surface area contributed by atoms with Crippen molar-refractivity contribution in [3.05, 3.63) is 35.8 Å². The van der Waals surface area contributed by atoms with Crippen molar-refractivity contribution >= 4 is 34.5 Å². The van der Waals surface area contributed by atoms with Gasteiger partial charge >= 0.3 is 0 Å². The van der Waals surface area contributed by atoms with E-state index in [0.717, 1.165) is 37.3 Å². The van der Waals surface area contributed by atoms with Crippen LogP contribution in [0.15, 0.2) is 34.3 Å². The van der Waals surface area contributed by atoms with Crippen LogP contribution in [0.4, 0.5) is 21.8 Å². The number of halogens is 1. The lowest BCUT2D eigenvalue weighted by molar-refractivity contribution is -0.0240. The Kier molecular flexibility index (Phi) is 5.58. The summed E-state index contributed by atoms with van der Waals surface area (Å²) in [6.07, 6.45) is 3.71. The molecule has 3 atom stereocenters. The average Bonchev–Trinajstić information content (AvgIpc) is 3.24. The highest BCUT2D eigenvalue weighted by atomic mass is 32.2. The predicted molar refractivity (Wildman–Crippen MR) is 117 cm³/mol. The van der Waals surface area contributed by atoms with Crippen molar-refractivity contribution in [1.29, 1.82) is 0 Å². The topological polar surface area (TPSA) is 97.5 Å². The molecule has 3 aliphatic rings. The summed E-state index contributed by atoms with van der Waals surface area (Å²) >= 11 is -1.16. The maximum atomic E-state index is 13.6. The zero-order valence-corrected chi connectivity index (χ0v) is 18.1. The minimum Gasteiger partial charge on any atom is -0.611 e. The van der Waals surface area contributed by atoms with Crippen LogP contribution in [0, 0.1) is 11.7 Å². The van der Waals surface area contributed by atoms with Crippen molar-refractivity contribution in [1.82, 2.24) is 14.9 Å². The lowest BCUT2D eigenvalue weighted by atomic mass is 9.97. The largest absolute Gasteiger partial charge is 0.611 e. The first-order chi connectivity index (χ1) is 15.1. The van der Waals surface area contributed by atoms with Crippen molar-refractivity contribution in [2.45, 2.75) is 43.7 Å². The number of aryl methyl sites for hydroxylation is 1. The van der Waals surface area contributed by atoms with Gasteiger partial charge in [0.05, 0.1) is 6.54 Å². The van der Waals surface area contributed by atoms with Gasteiger partial charge in [-0.15, -0.1) is 0 Å². The summed E-state index contributed by atoms with van der Waals surface area (Å²) < 4.78 is 26.1. The van der Waals surface area contributed by atoms with Gasteiger partial charge in [0.1, 0.15) is 17.3 Å². The van der Waals surface area contributed by atoms with Gasteiger partial charge in [0.15, 0.2) is 11.7 Å². The molecule has 0 amide bonds. The molecule has 0 aliphatic carbocycles. The Balaban J connectivity index is 1.29. The summed E-state index contributed by atoms with van der Waals surface area (Å²) in [7, 11) is 0. The fraction of sp³-hybridized carbons (Fsp3) is 0.476. The van der Waals surface area contributed by atoms with E-state index in [4.69, 9.17) is 4.84 Å². The first kappa shape index (κ1) is 20.3. The summed E-state index contributed by atoms with van der Waals surface area (Å²) in [5.74, 6) is 2.56. The van der Waals surface area contributed by atoms with Gasteiger partial charge in [-0.1, -0.05) is 24.6 Å². The van der Waals surface area contributed by atoms with Gasteiger partial charge < -0.3 is 24.9 Å². The van der Waals surface area contributed by atoms with E-state index in [0.29, 0.717) is 47.0 Å². The number of hydrogen-bond donors (Lipinski definition) is 2. The van der Waals surface area contributed by atoms with Crippen LogP contribution in [0.1, 0.15) is 31.9 Å². The molecule has 2 aromatic rings. The van der Waals surface area contributed by atoms with Gasteiger partial charge in [-0.25, -0.2) is 9.37 Å². The molecular formula is C21H25FN6O2S. The van der Waals surface area contributed by atoms with Crippen LogP contribution in [-0.4, -0.2) is 50.3 Å². The van der Waals surface area contributed by atoms with Gasteiger partial charge in [0, 0.05) is 24.6 Å². The molecule has 2 N–H and O–H groups in total. The van der Waals surface area contributed by atoms with Crippen LogP contribution in [0.2, 0.25) is 0 Å². The van der Waals surface area contributed by atoms with Crippen LogP contribution in [0.5, 0.6) is 0 Å². The van der Waals surface area contributed by atoms with Crippen molar-refractivity contribution in [3.63, 3.8) is 0 Å². The van der Waals surface area contributed by atoms with Crippen LogP contribution in [-0.2, 0) is 22.4 Å². The van der Waals surface area contributed by atoms with E-state index in [1.54, 1.807) is 12.1 Å². The number of fused-ring (bicyclic) bond motifs is 2. The van der Waals surface area contributed by atoms with Gasteiger partial charge in [0.2, 0.25) is 17.1 Å². The van der Waals surface area contributed by atoms with Crippen molar-refractivity contribution in [2.75, 3.05) is 29.5 Å². The fourth-order valence-electron chi connectivity index (χ4n) is 4.18. The monoisotopic (exact) mass is 444 g/mol. The Morgan fingerprint density at radius 2 is 2.26 bits per heavy atom. The number of oxime groups is 1. The van der Waals surface area contributed by atoms with Crippen LogP contribution in [0.3, 0.4) is 0 Å². The highest BCUT2D eigenvalue weighted by Crippen LogP contribution is 2.34. The molecule has 1 aromatic carbocycles. The smallest absolute Gasteiger partial charge is 0.225 e. The molecule has 8 nitrogen and oxygen atoms in total. The summed E-state index contributed by atoms with van der Waals surface area (Å²) in [6, 6.07) is 6.15. The average molecular weight is 445 g/mol. The molecule has 0 saturated carbocycles. The molecule has 3 unspecified atom stereocenters. The number of nitrogens with one attached hydrogen (secondary N) is 2. The van der Waals surface area contributed by atoms with Gasteiger partial charge in [-0.05, 0) is 42.2 Å². The summed E-state index contributed by atoms with van der Waals surface area (Å²) in [5.41, 5.74) is 1.34. The van der Waals surface area contributed by atoms with E-state index in [1.807, 2.05) is 0 Å². The number of amidine groups is 1. The summed E-state index contributed by atoms with van der Waals surface area (Å²) in [6.45, 7) is 3.78. The number of aromatic nitrogens is 2. The molecule has 1 aromatic heterocycles. The SMILES string of the molecule is CCCC(CCNc1nc2c(c(Nc3cccc(F)c3)n1)[S+]([O-])CC2)C1ON=C2CN21. The predicted octanol–water partition coefficient (Wildman–Crippen LogP) is 3.23. The van der Waals surface area contributed by atoms with E-state index < -0.39 is 11.2 Å². The van der Waals surface area contributed by atoms with E-state index in [1.165, 1.54) is 12.1 Å². The lowest BCUT2D eigenvalue weighted by Crippen LogP contribution is -2.30. The molecule has 0 radical (unpaired) electrons. The molecule has 0 bridgehead atoms. The third kappa shape index (κ3) is 4.27. The molecule has 1 fully saturated rings. The number of rotatable bonds is 9. The first-order valence-electron chi connectivity index (χ1n) is 10.7. The van der Waals surface area contributed by atoms with E-state index in [2.05, 4.69) is 37.6 Å². The molecule has 31 heavy (non-hydrogen) atoms. The number of anilines is 3. The first-order valence-corrected chi connectivity index (χ1v) is 12.0. The molecule has 3 aliphatic heterocycles. The Hall–Kier alpha value is -2.59. The number of benzene rings is 1. The third-order valence-electron chi connectivity index (χ3n) is 5.75. The molecule has 4 heterocycles. The van der Waals surface area contributed by atoms with E-state index >= 15 is 0 Å². The van der Waals surface area contributed by atoms with Crippen molar-refractivity contribution in [2.24, 2.45) is 11.1 Å². The maximum absolute atomic E-state index is 13.6. The Morgan fingerprint density at radius 3 is 3.00 bits per heavy atom. The van der Waals surface area contributed by atoms with Crippen LogP contribution < -0.4 is 10.6 Å². The molecular weight excluding hydrogens is 419 g/mol. The van der Waals surface area contributed by atoms with Crippen LogP contribution in [0.25, 0.3) is 0 Å². The standard InChI is InChI=1S/C21H25FN6O2S/c1-2-4-13(20-28-12-17(28)27-30-20)7-9-23-21-25-16-8-10-31(29)18(16)19(26-21)24-15-6-3-5-14(22)11-15/h3,5-6,11,13,20H,2,4,7-10,12H2,1H3,(H2,23,24,25,26). The second-order valence-corrected chi connectivity index (χ2v) is 9.51. The Morgan fingerprint density at radius 1 is 1.35 bits per heavy atom. The minimum absolute atomic E-state index is 0.0327. The molecule has 164 valence electrons. The van der Waals surface area contributed by atoms with E-state index in [-0.39, 0.29) is 12.0 Å². The summed E-state index contributed by atoms with van der Waals surface area (Å²) in [4.78, 5) is 17.6.